The van der Waals surface area contributed by atoms with Crippen LogP contribution < -0.4 is 4.90 Å². The molecule has 122 valence electrons. The molecule has 1 saturated heterocycles. The highest BCUT2D eigenvalue weighted by Crippen LogP contribution is 2.20. The second kappa shape index (κ2) is 6.87. The average Bonchev–Trinajstić information content (AvgIpc) is 2.55. The van der Waals surface area contributed by atoms with Crippen LogP contribution in [0.1, 0.15) is 12.6 Å². The highest BCUT2D eigenvalue weighted by Gasteiger charge is 2.19. The molecule has 0 unspecified atom stereocenters. The summed E-state index contributed by atoms with van der Waals surface area (Å²) in [6.45, 7) is 5.87. The van der Waals surface area contributed by atoms with Gasteiger partial charge in [-0.05, 0) is 20.0 Å². The summed E-state index contributed by atoms with van der Waals surface area (Å²) in [6, 6.07) is 1.84. The fraction of sp³-hybridized carbons (Fsp3) is 0.500. The Bertz CT molecular complexity index is 698. The number of esters is 1. The van der Waals surface area contributed by atoms with E-state index in [0.29, 0.717) is 18.2 Å². The minimum absolute atomic E-state index is 0.150. The Morgan fingerprint density at radius 3 is 2.78 bits per heavy atom. The van der Waals surface area contributed by atoms with Gasteiger partial charge in [0.1, 0.15) is 0 Å². The number of ether oxygens (including phenoxy) is 1. The molecule has 2 aromatic heterocycles. The van der Waals surface area contributed by atoms with E-state index in [4.69, 9.17) is 4.74 Å². The first-order chi connectivity index (χ1) is 11.2. The number of carbonyl (C=O) groups excluding carboxylic acids is 1. The number of hydrogen-bond acceptors (Lipinski definition) is 7. The Labute approximate surface area is 135 Å². The predicted octanol–water partition coefficient (Wildman–Crippen LogP) is 0.882. The van der Waals surface area contributed by atoms with Gasteiger partial charge in [0.15, 0.2) is 0 Å². The molecule has 0 N–H and O–H groups in total. The number of carbonyl (C=O) groups is 1. The molecule has 2 aromatic rings. The third-order valence-corrected chi connectivity index (χ3v) is 3.97. The van der Waals surface area contributed by atoms with E-state index in [-0.39, 0.29) is 12.4 Å². The van der Waals surface area contributed by atoms with Crippen LogP contribution in [0.5, 0.6) is 0 Å². The molecular weight excluding hydrogens is 294 g/mol. The lowest BCUT2D eigenvalue weighted by Gasteiger charge is -2.32. The van der Waals surface area contributed by atoms with Gasteiger partial charge in [0.25, 0.3) is 0 Å². The van der Waals surface area contributed by atoms with Crippen molar-refractivity contribution in [3.05, 3.63) is 24.2 Å². The Hall–Kier alpha value is -2.28. The molecule has 0 radical (unpaired) electrons. The van der Waals surface area contributed by atoms with Crippen LogP contribution >= 0.6 is 0 Å². The van der Waals surface area contributed by atoms with E-state index in [2.05, 4.69) is 31.8 Å². The summed E-state index contributed by atoms with van der Waals surface area (Å²) in [7, 11) is 2.11. The van der Waals surface area contributed by atoms with Crippen molar-refractivity contribution in [2.75, 3.05) is 44.7 Å². The predicted molar refractivity (Wildman–Crippen MR) is 87.4 cm³/mol. The minimum atomic E-state index is -0.270. The zero-order chi connectivity index (χ0) is 16.2. The quantitative estimate of drug-likeness (QED) is 0.776. The standard InChI is InChI=1S/C16H21N5O2/c1-3-23-15(22)10-13-12-4-5-17-11-14(12)19-16(18-13)21-8-6-20(2)7-9-21/h4-5,11H,3,6-10H2,1-2H3. The van der Waals surface area contributed by atoms with Gasteiger partial charge in [-0.25, -0.2) is 9.97 Å². The molecule has 1 aliphatic heterocycles. The van der Waals surface area contributed by atoms with Gasteiger partial charge >= 0.3 is 5.97 Å². The van der Waals surface area contributed by atoms with Gasteiger partial charge in [0.05, 0.1) is 30.4 Å². The second-order valence-corrected chi connectivity index (χ2v) is 5.64. The molecule has 0 atom stereocenters. The lowest BCUT2D eigenvalue weighted by atomic mass is 10.2. The highest BCUT2D eigenvalue weighted by molar-refractivity contribution is 5.85. The van der Waals surface area contributed by atoms with Crippen LogP contribution in [0.2, 0.25) is 0 Å². The number of rotatable bonds is 4. The lowest BCUT2D eigenvalue weighted by molar-refractivity contribution is -0.142. The number of aromatic nitrogens is 3. The van der Waals surface area contributed by atoms with Gasteiger partial charge in [-0.2, -0.15) is 0 Å². The Balaban J connectivity index is 1.94. The molecule has 1 aliphatic rings. The van der Waals surface area contributed by atoms with E-state index in [1.54, 1.807) is 19.3 Å². The molecular formula is C16H21N5O2. The second-order valence-electron chi connectivity index (χ2n) is 5.64. The van der Waals surface area contributed by atoms with E-state index in [0.717, 1.165) is 37.1 Å². The van der Waals surface area contributed by atoms with Crippen molar-refractivity contribution in [2.45, 2.75) is 13.3 Å². The topological polar surface area (TPSA) is 71.5 Å². The summed E-state index contributed by atoms with van der Waals surface area (Å²) in [4.78, 5) is 29.7. The van der Waals surface area contributed by atoms with E-state index >= 15 is 0 Å². The highest BCUT2D eigenvalue weighted by atomic mass is 16.5. The molecule has 7 heteroatoms. The molecule has 1 fully saturated rings. The lowest BCUT2D eigenvalue weighted by Crippen LogP contribution is -2.45. The summed E-state index contributed by atoms with van der Waals surface area (Å²) in [6.07, 6.45) is 3.55. The van der Waals surface area contributed by atoms with E-state index in [1.807, 2.05) is 6.07 Å². The number of pyridine rings is 1. The maximum absolute atomic E-state index is 11.9. The molecule has 0 spiro atoms. The fourth-order valence-electron chi connectivity index (χ4n) is 2.66. The van der Waals surface area contributed by atoms with E-state index in [1.165, 1.54) is 0 Å². The number of nitrogens with zero attached hydrogens (tertiary/aromatic N) is 5. The van der Waals surface area contributed by atoms with Crippen molar-refractivity contribution in [1.29, 1.82) is 0 Å². The number of hydrogen-bond donors (Lipinski definition) is 0. The van der Waals surface area contributed by atoms with Crippen molar-refractivity contribution in [3.63, 3.8) is 0 Å². The van der Waals surface area contributed by atoms with Crippen molar-refractivity contribution in [3.8, 4) is 0 Å². The number of piperazine rings is 1. The van der Waals surface area contributed by atoms with Crippen LogP contribution in [-0.4, -0.2) is 65.7 Å². The zero-order valence-electron chi connectivity index (χ0n) is 13.5. The molecule has 3 heterocycles. The van der Waals surface area contributed by atoms with Crippen molar-refractivity contribution < 1.29 is 9.53 Å². The Kier molecular flexibility index (Phi) is 4.66. The van der Waals surface area contributed by atoms with Crippen LogP contribution in [0.15, 0.2) is 18.5 Å². The number of likely N-dealkylation sites (N-methyl/N-ethyl adjacent to an activating group) is 1. The molecule has 7 nitrogen and oxygen atoms in total. The van der Waals surface area contributed by atoms with E-state index < -0.39 is 0 Å². The first-order valence-electron chi connectivity index (χ1n) is 7.87. The summed E-state index contributed by atoms with van der Waals surface area (Å²) in [5.41, 5.74) is 1.46. The maximum atomic E-state index is 11.9. The largest absolute Gasteiger partial charge is 0.466 e. The van der Waals surface area contributed by atoms with Crippen LogP contribution in [0.3, 0.4) is 0 Å². The SMILES string of the molecule is CCOC(=O)Cc1nc(N2CCN(C)CC2)nc2cnccc12. The smallest absolute Gasteiger partial charge is 0.311 e. The van der Waals surface area contributed by atoms with Gasteiger partial charge in [0.2, 0.25) is 5.95 Å². The third-order valence-electron chi connectivity index (χ3n) is 3.97. The maximum Gasteiger partial charge on any atom is 0.311 e. The number of fused-ring (bicyclic) bond motifs is 1. The van der Waals surface area contributed by atoms with Gasteiger partial charge in [-0.3, -0.25) is 9.78 Å². The van der Waals surface area contributed by atoms with Crippen LogP contribution in [0, 0.1) is 0 Å². The molecule has 0 aliphatic carbocycles. The molecule has 0 saturated carbocycles. The van der Waals surface area contributed by atoms with Crippen molar-refractivity contribution in [1.82, 2.24) is 19.9 Å². The van der Waals surface area contributed by atoms with Gasteiger partial charge in [0, 0.05) is 37.8 Å². The molecule has 0 amide bonds. The fourth-order valence-corrected chi connectivity index (χ4v) is 2.66. The Morgan fingerprint density at radius 1 is 1.26 bits per heavy atom. The van der Waals surface area contributed by atoms with Gasteiger partial charge < -0.3 is 14.5 Å². The van der Waals surface area contributed by atoms with Crippen LogP contribution in [0.4, 0.5) is 5.95 Å². The van der Waals surface area contributed by atoms with Gasteiger partial charge in [-0.15, -0.1) is 0 Å². The molecule has 0 bridgehead atoms. The monoisotopic (exact) mass is 315 g/mol. The summed E-state index contributed by atoms with van der Waals surface area (Å²) >= 11 is 0. The zero-order valence-corrected chi connectivity index (χ0v) is 13.5. The minimum Gasteiger partial charge on any atom is -0.466 e. The van der Waals surface area contributed by atoms with Crippen LogP contribution in [0.25, 0.3) is 10.9 Å². The molecule has 3 rings (SSSR count). The van der Waals surface area contributed by atoms with Crippen molar-refractivity contribution in [2.24, 2.45) is 0 Å². The third kappa shape index (κ3) is 3.56. The first kappa shape index (κ1) is 15.6. The molecule has 0 aromatic carbocycles. The summed E-state index contributed by atoms with van der Waals surface area (Å²) in [5.74, 6) is 0.395. The van der Waals surface area contributed by atoms with Gasteiger partial charge in [-0.1, -0.05) is 0 Å². The molecule has 23 heavy (non-hydrogen) atoms. The summed E-state index contributed by atoms with van der Waals surface area (Å²) < 4.78 is 5.06. The van der Waals surface area contributed by atoms with Crippen molar-refractivity contribution >= 4 is 22.8 Å². The summed E-state index contributed by atoms with van der Waals surface area (Å²) in [5, 5.41) is 0.853. The van der Waals surface area contributed by atoms with E-state index in [9.17, 15) is 4.79 Å². The number of anilines is 1. The van der Waals surface area contributed by atoms with Crippen LogP contribution in [-0.2, 0) is 16.0 Å². The Morgan fingerprint density at radius 2 is 2.04 bits per heavy atom. The average molecular weight is 315 g/mol. The normalized spacial score (nSPS) is 15.8. The first-order valence-corrected chi connectivity index (χ1v) is 7.87.